The Hall–Kier alpha value is -0.0800. The fourth-order valence-corrected chi connectivity index (χ4v) is 1.19. The van der Waals surface area contributed by atoms with E-state index in [1.165, 1.54) is 32.4 Å². The van der Waals surface area contributed by atoms with E-state index >= 15 is 0 Å². The molecule has 1 fully saturated rings. The van der Waals surface area contributed by atoms with Gasteiger partial charge in [0.05, 0.1) is 0 Å². The molecule has 1 saturated heterocycles. The summed E-state index contributed by atoms with van der Waals surface area (Å²) in [6.07, 6.45) is 4.23. The van der Waals surface area contributed by atoms with Crippen molar-refractivity contribution in [1.82, 2.24) is 5.32 Å². The Morgan fingerprint density at radius 1 is 1.30 bits per heavy atom. The molecule has 0 saturated carbocycles. The number of nitrogens with one attached hydrogen (secondary N) is 1. The second-order valence-corrected chi connectivity index (χ2v) is 2.81. The van der Waals surface area contributed by atoms with Gasteiger partial charge in [-0.15, -0.1) is 0 Å². The lowest BCUT2D eigenvalue weighted by atomic mass is 10.1. The van der Waals surface area contributed by atoms with E-state index in [1.54, 1.807) is 0 Å². The summed E-state index contributed by atoms with van der Waals surface area (Å²) in [7, 11) is 1.00. The van der Waals surface area contributed by atoms with Crippen molar-refractivity contribution in [3.05, 3.63) is 0 Å². The molecular formula is C8H19NO. The molecule has 2 N–H and O–H groups in total. The zero-order valence-corrected chi connectivity index (χ0v) is 7.06. The lowest BCUT2D eigenvalue weighted by molar-refractivity contribution is 0.399. The Morgan fingerprint density at radius 2 is 2.00 bits per heavy atom. The van der Waals surface area contributed by atoms with Gasteiger partial charge < -0.3 is 10.4 Å². The Kier molecular flexibility index (Phi) is 6.98. The number of aliphatic hydroxyl groups excluding tert-OH is 1. The highest BCUT2D eigenvalue weighted by Gasteiger charge is 2.04. The first-order chi connectivity index (χ1) is 4.89. The summed E-state index contributed by atoms with van der Waals surface area (Å²) >= 11 is 0. The van der Waals surface area contributed by atoms with Crippen molar-refractivity contribution in [2.75, 3.05) is 20.2 Å². The molecule has 2 nitrogen and oxygen atoms in total. The molecule has 0 aliphatic carbocycles. The molecule has 1 unspecified atom stereocenters. The predicted octanol–water partition coefficient (Wildman–Crippen LogP) is 1.00. The number of aliphatic hydroxyl groups is 1. The molecule has 1 rings (SSSR count). The topological polar surface area (TPSA) is 32.3 Å². The minimum absolute atomic E-state index is 0.914. The van der Waals surface area contributed by atoms with Gasteiger partial charge in [0.15, 0.2) is 0 Å². The number of hydrogen-bond acceptors (Lipinski definition) is 2. The second-order valence-electron chi connectivity index (χ2n) is 2.81. The zero-order chi connectivity index (χ0) is 7.82. The fraction of sp³-hybridized carbons (Fsp3) is 1.00. The molecule has 1 aliphatic heterocycles. The molecule has 10 heavy (non-hydrogen) atoms. The normalized spacial score (nSPS) is 26.1. The van der Waals surface area contributed by atoms with Gasteiger partial charge in [-0.25, -0.2) is 0 Å². The van der Waals surface area contributed by atoms with Crippen LogP contribution in [0.15, 0.2) is 0 Å². The summed E-state index contributed by atoms with van der Waals surface area (Å²) in [6, 6.07) is 0. The van der Waals surface area contributed by atoms with Crippen LogP contribution < -0.4 is 5.32 Å². The lowest BCUT2D eigenvalue weighted by Crippen LogP contribution is -2.18. The quantitative estimate of drug-likeness (QED) is 0.533. The van der Waals surface area contributed by atoms with Crippen LogP contribution in [0.2, 0.25) is 0 Å². The van der Waals surface area contributed by atoms with Crippen LogP contribution in [-0.2, 0) is 0 Å². The average molecular weight is 145 g/mol. The molecule has 0 radical (unpaired) electrons. The zero-order valence-electron chi connectivity index (χ0n) is 7.06. The molecule has 1 heterocycles. The minimum atomic E-state index is 0.914. The minimum Gasteiger partial charge on any atom is -0.400 e. The van der Waals surface area contributed by atoms with Crippen LogP contribution in [0.5, 0.6) is 0 Å². The Balaban J connectivity index is 0.000000371. The van der Waals surface area contributed by atoms with Crippen molar-refractivity contribution in [3.63, 3.8) is 0 Å². The Morgan fingerprint density at radius 3 is 2.70 bits per heavy atom. The van der Waals surface area contributed by atoms with Gasteiger partial charge in [0.25, 0.3) is 0 Å². The van der Waals surface area contributed by atoms with E-state index in [4.69, 9.17) is 5.11 Å². The van der Waals surface area contributed by atoms with Crippen LogP contribution in [0, 0.1) is 5.92 Å². The van der Waals surface area contributed by atoms with Crippen molar-refractivity contribution >= 4 is 0 Å². The standard InChI is InChI=1S/C7H15N.CH4O/c1-7-4-2-3-5-8-6-7;1-2/h7-8H,2-6H2,1H3;2H,1H3. The maximum Gasteiger partial charge on any atom is 0.0319 e. The first-order valence-corrected chi connectivity index (χ1v) is 4.05. The van der Waals surface area contributed by atoms with E-state index in [9.17, 15) is 0 Å². The molecule has 62 valence electrons. The highest BCUT2D eigenvalue weighted by atomic mass is 16.2. The lowest BCUT2D eigenvalue weighted by Gasteiger charge is -2.03. The van der Waals surface area contributed by atoms with Gasteiger partial charge in [0, 0.05) is 7.11 Å². The van der Waals surface area contributed by atoms with Gasteiger partial charge in [-0.1, -0.05) is 13.3 Å². The monoisotopic (exact) mass is 145 g/mol. The molecule has 2 heteroatoms. The third-order valence-corrected chi connectivity index (χ3v) is 1.79. The highest BCUT2D eigenvalue weighted by Crippen LogP contribution is 2.08. The maximum absolute atomic E-state index is 7.00. The Bertz CT molecular complexity index is 58.3. The smallest absolute Gasteiger partial charge is 0.0319 e. The third kappa shape index (κ3) is 4.77. The van der Waals surface area contributed by atoms with Crippen molar-refractivity contribution < 1.29 is 5.11 Å². The van der Waals surface area contributed by atoms with Crippen LogP contribution >= 0.6 is 0 Å². The molecule has 0 aromatic heterocycles. The molecule has 0 amide bonds. The van der Waals surface area contributed by atoms with Crippen LogP contribution in [-0.4, -0.2) is 25.3 Å². The van der Waals surface area contributed by atoms with E-state index in [0.29, 0.717) is 0 Å². The van der Waals surface area contributed by atoms with Crippen LogP contribution in [0.1, 0.15) is 26.2 Å². The summed E-state index contributed by atoms with van der Waals surface area (Å²) in [5.41, 5.74) is 0. The molecule has 0 spiro atoms. The van der Waals surface area contributed by atoms with Gasteiger partial charge in [-0.05, 0) is 31.8 Å². The van der Waals surface area contributed by atoms with E-state index < -0.39 is 0 Å². The molecule has 0 aromatic carbocycles. The molecule has 1 atom stereocenters. The first-order valence-electron chi connectivity index (χ1n) is 4.05. The molecule has 1 aliphatic rings. The van der Waals surface area contributed by atoms with Crippen molar-refractivity contribution in [3.8, 4) is 0 Å². The van der Waals surface area contributed by atoms with Gasteiger partial charge >= 0.3 is 0 Å². The molecule has 0 bridgehead atoms. The van der Waals surface area contributed by atoms with Gasteiger partial charge in [0.2, 0.25) is 0 Å². The second kappa shape index (κ2) is 7.03. The van der Waals surface area contributed by atoms with Crippen molar-refractivity contribution in [2.45, 2.75) is 26.2 Å². The van der Waals surface area contributed by atoms with Gasteiger partial charge in [-0.2, -0.15) is 0 Å². The van der Waals surface area contributed by atoms with Crippen molar-refractivity contribution in [2.24, 2.45) is 5.92 Å². The highest BCUT2D eigenvalue weighted by molar-refractivity contribution is 4.62. The van der Waals surface area contributed by atoms with Crippen LogP contribution in [0.25, 0.3) is 0 Å². The van der Waals surface area contributed by atoms with Crippen molar-refractivity contribution in [1.29, 1.82) is 0 Å². The number of rotatable bonds is 0. The van der Waals surface area contributed by atoms with Gasteiger partial charge in [0.1, 0.15) is 0 Å². The Labute approximate surface area is 63.6 Å². The largest absolute Gasteiger partial charge is 0.400 e. The first kappa shape index (κ1) is 9.92. The summed E-state index contributed by atoms with van der Waals surface area (Å²) in [5.74, 6) is 0.914. The number of hydrogen-bond donors (Lipinski definition) is 2. The molecular weight excluding hydrogens is 126 g/mol. The average Bonchev–Trinajstić information content (AvgIpc) is 2.21. The summed E-state index contributed by atoms with van der Waals surface area (Å²) in [4.78, 5) is 0. The maximum atomic E-state index is 7.00. The summed E-state index contributed by atoms with van der Waals surface area (Å²) in [6.45, 7) is 4.79. The van der Waals surface area contributed by atoms with E-state index in [2.05, 4.69) is 12.2 Å². The van der Waals surface area contributed by atoms with E-state index in [0.717, 1.165) is 13.0 Å². The van der Waals surface area contributed by atoms with Crippen LogP contribution in [0.4, 0.5) is 0 Å². The van der Waals surface area contributed by atoms with Crippen LogP contribution in [0.3, 0.4) is 0 Å². The third-order valence-electron chi connectivity index (χ3n) is 1.79. The summed E-state index contributed by atoms with van der Waals surface area (Å²) in [5, 5.41) is 10.4. The fourth-order valence-electron chi connectivity index (χ4n) is 1.19. The predicted molar refractivity (Wildman–Crippen MR) is 44.0 cm³/mol. The van der Waals surface area contributed by atoms with E-state index in [1.807, 2.05) is 0 Å². The molecule has 0 aromatic rings. The summed E-state index contributed by atoms with van der Waals surface area (Å²) < 4.78 is 0. The SMILES string of the molecule is CC1CCCCNC1.CO. The van der Waals surface area contributed by atoms with Gasteiger partial charge in [-0.3, -0.25) is 0 Å². The van der Waals surface area contributed by atoms with E-state index in [-0.39, 0.29) is 0 Å².